The summed E-state index contributed by atoms with van der Waals surface area (Å²) in [6, 6.07) is 27.4. The van der Waals surface area contributed by atoms with E-state index in [1.54, 1.807) is 18.7 Å². The monoisotopic (exact) mass is 607 g/mol. The lowest BCUT2D eigenvalue weighted by atomic mass is 9.62. The van der Waals surface area contributed by atoms with Crippen LogP contribution < -0.4 is 10.1 Å². The van der Waals surface area contributed by atoms with Gasteiger partial charge in [0.05, 0.1) is 19.3 Å². The number of nitrogens with one attached hydrogen (secondary N) is 1. The van der Waals surface area contributed by atoms with Crippen LogP contribution in [-0.4, -0.2) is 25.1 Å². The van der Waals surface area contributed by atoms with Gasteiger partial charge in [-0.15, -0.1) is 6.58 Å². The van der Waals surface area contributed by atoms with Gasteiger partial charge >= 0.3 is 0 Å². The van der Waals surface area contributed by atoms with E-state index in [0.717, 1.165) is 60.9 Å². The number of ether oxygens (including phenoxy) is 1. The SMILES string of the molecule is C=C(C)C.CCCN(CC(C)c1ccccc1)/C(=C\C#N)Nc1ccccc1C.CCc1cc(OC)ccc1C1C(C)CC1C. The molecule has 45 heavy (non-hydrogen) atoms. The number of methoxy groups -OCH3 is 1. The zero-order chi connectivity index (χ0) is 33.4. The zero-order valence-corrected chi connectivity index (χ0v) is 29.4. The van der Waals surface area contributed by atoms with Crippen molar-refractivity contribution in [3.63, 3.8) is 0 Å². The molecule has 242 valence electrons. The molecule has 4 rings (SSSR count). The molecule has 3 atom stereocenters. The summed E-state index contributed by atoms with van der Waals surface area (Å²) >= 11 is 0. The van der Waals surface area contributed by atoms with Gasteiger partial charge in [-0.05, 0) is 104 Å². The molecule has 4 nitrogen and oxygen atoms in total. The number of hydrogen-bond donors (Lipinski definition) is 1. The number of para-hydroxylation sites is 1. The summed E-state index contributed by atoms with van der Waals surface area (Å²) in [5.74, 6) is 4.68. The van der Waals surface area contributed by atoms with Crippen LogP contribution in [0.15, 0.2) is 96.8 Å². The fourth-order valence-corrected chi connectivity index (χ4v) is 6.11. The van der Waals surface area contributed by atoms with E-state index in [1.165, 1.54) is 28.7 Å². The zero-order valence-electron chi connectivity index (χ0n) is 29.4. The highest BCUT2D eigenvalue weighted by molar-refractivity contribution is 5.54. The van der Waals surface area contributed by atoms with Crippen molar-refractivity contribution in [2.24, 2.45) is 11.8 Å². The summed E-state index contributed by atoms with van der Waals surface area (Å²) in [7, 11) is 1.74. The molecule has 1 fully saturated rings. The standard InChI is InChI=1S/C22H27N3.C15H22O.C4H8/c1-4-16-25(17-19(3)20-11-6-5-7-12-20)22(14-15-23)24-21-13-9-8-10-18(21)2;1-5-12-9-13(16-4)6-7-14(12)15-10(2)8-11(15)3;1-4(2)3/h5-14,19,24H,4,16-17H2,1-3H3;6-7,9-11,15H,5,8H2,1-4H3;1H2,2-3H3/b22-14-;;. The molecule has 3 aromatic rings. The van der Waals surface area contributed by atoms with Gasteiger partial charge in [-0.2, -0.15) is 5.26 Å². The minimum atomic E-state index is 0.383. The smallest absolute Gasteiger partial charge is 0.119 e. The van der Waals surface area contributed by atoms with Crippen LogP contribution in [-0.2, 0) is 6.42 Å². The molecule has 3 aromatic carbocycles. The minimum absolute atomic E-state index is 0.383. The fourth-order valence-electron chi connectivity index (χ4n) is 6.11. The number of rotatable bonds is 11. The van der Waals surface area contributed by atoms with Gasteiger partial charge in [-0.25, -0.2) is 0 Å². The molecule has 3 unspecified atom stereocenters. The van der Waals surface area contributed by atoms with Crippen molar-refractivity contribution in [1.29, 1.82) is 5.26 Å². The quantitative estimate of drug-likeness (QED) is 0.174. The van der Waals surface area contributed by atoms with E-state index in [9.17, 15) is 5.26 Å². The van der Waals surface area contributed by atoms with Gasteiger partial charge in [0.1, 0.15) is 11.6 Å². The lowest BCUT2D eigenvalue weighted by Gasteiger charge is -2.42. The number of nitrogens with zero attached hydrogens (tertiary/aromatic N) is 2. The maximum atomic E-state index is 9.26. The molecule has 1 saturated carbocycles. The van der Waals surface area contributed by atoms with Gasteiger partial charge in [-0.3, -0.25) is 0 Å². The maximum Gasteiger partial charge on any atom is 0.119 e. The molecule has 0 amide bonds. The molecule has 0 saturated heterocycles. The second kappa shape index (κ2) is 19.4. The number of anilines is 1. The molecule has 0 spiro atoms. The van der Waals surface area contributed by atoms with E-state index in [-0.39, 0.29) is 0 Å². The summed E-state index contributed by atoms with van der Waals surface area (Å²) in [6.07, 6.45) is 5.11. The van der Waals surface area contributed by atoms with Crippen LogP contribution in [0.2, 0.25) is 0 Å². The van der Waals surface area contributed by atoms with Crippen LogP contribution >= 0.6 is 0 Å². The van der Waals surface area contributed by atoms with E-state index in [1.807, 2.05) is 38.1 Å². The van der Waals surface area contributed by atoms with E-state index in [0.29, 0.717) is 5.92 Å². The Labute approximate surface area is 274 Å². The third kappa shape index (κ3) is 11.8. The highest BCUT2D eigenvalue weighted by Gasteiger charge is 2.36. The van der Waals surface area contributed by atoms with Crippen LogP contribution in [0, 0.1) is 30.1 Å². The predicted octanol–water partition coefficient (Wildman–Crippen LogP) is 10.9. The first-order valence-electron chi connectivity index (χ1n) is 16.6. The maximum absolute atomic E-state index is 9.26. The number of nitriles is 1. The van der Waals surface area contributed by atoms with Gasteiger partial charge in [0, 0.05) is 18.8 Å². The van der Waals surface area contributed by atoms with E-state index < -0.39 is 0 Å². The Morgan fingerprint density at radius 3 is 2.20 bits per heavy atom. The van der Waals surface area contributed by atoms with Gasteiger partial charge in [0.15, 0.2) is 0 Å². The molecule has 0 bridgehead atoms. The largest absolute Gasteiger partial charge is 0.497 e. The Bertz CT molecular complexity index is 1380. The van der Waals surface area contributed by atoms with Crippen LogP contribution in [0.1, 0.15) is 95.4 Å². The third-order valence-corrected chi connectivity index (χ3v) is 8.37. The van der Waals surface area contributed by atoms with E-state index >= 15 is 0 Å². The third-order valence-electron chi connectivity index (χ3n) is 8.37. The first kappa shape index (κ1) is 37.2. The van der Waals surface area contributed by atoms with Crippen molar-refractivity contribution in [2.45, 2.75) is 86.5 Å². The van der Waals surface area contributed by atoms with Crippen LogP contribution in [0.3, 0.4) is 0 Å². The average Bonchev–Trinajstić information content (AvgIpc) is 3.02. The van der Waals surface area contributed by atoms with E-state index in [2.05, 4.69) is 113 Å². The molecular formula is C41H57N3O. The van der Waals surface area contributed by atoms with Gasteiger partial charge in [-0.1, -0.05) is 94.8 Å². The first-order chi connectivity index (χ1) is 21.6. The predicted molar refractivity (Wildman–Crippen MR) is 194 cm³/mol. The Morgan fingerprint density at radius 1 is 1.04 bits per heavy atom. The molecule has 4 heteroatoms. The summed E-state index contributed by atoms with van der Waals surface area (Å²) in [5.41, 5.74) is 7.70. The Hall–Kier alpha value is -3.97. The van der Waals surface area contributed by atoms with Crippen molar-refractivity contribution in [1.82, 2.24) is 4.90 Å². The Kier molecular flexibility index (Phi) is 16.1. The summed E-state index contributed by atoms with van der Waals surface area (Å²) in [4.78, 5) is 2.27. The normalized spacial score (nSPS) is 17.6. The second-order valence-corrected chi connectivity index (χ2v) is 12.7. The van der Waals surface area contributed by atoms with Crippen LogP contribution in [0.25, 0.3) is 0 Å². The molecule has 0 heterocycles. The highest BCUT2D eigenvalue weighted by Crippen LogP contribution is 2.48. The van der Waals surface area contributed by atoms with Crippen molar-refractivity contribution < 1.29 is 4.74 Å². The minimum Gasteiger partial charge on any atom is -0.497 e. The number of benzene rings is 3. The van der Waals surface area contributed by atoms with Gasteiger partial charge < -0.3 is 15.0 Å². The summed E-state index contributed by atoms with van der Waals surface area (Å²) in [5, 5.41) is 12.7. The van der Waals surface area contributed by atoms with Crippen molar-refractivity contribution in [3.8, 4) is 11.8 Å². The first-order valence-corrected chi connectivity index (χ1v) is 16.6. The number of hydrogen-bond acceptors (Lipinski definition) is 4. The molecular weight excluding hydrogens is 550 g/mol. The van der Waals surface area contributed by atoms with E-state index in [4.69, 9.17) is 4.74 Å². The summed E-state index contributed by atoms with van der Waals surface area (Å²) < 4.78 is 5.30. The fraction of sp³-hybridized carbons (Fsp3) is 0.439. The Morgan fingerprint density at radius 2 is 1.67 bits per heavy atom. The topological polar surface area (TPSA) is 48.3 Å². The molecule has 1 aliphatic carbocycles. The lowest BCUT2D eigenvalue weighted by molar-refractivity contribution is 0.175. The van der Waals surface area contributed by atoms with Crippen molar-refractivity contribution in [2.75, 3.05) is 25.5 Å². The molecule has 0 aliphatic heterocycles. The Balaban J connectivity index is 0.000000300. The van der Waals surface area contributed by atoms with Crippen LogP contribution in [0.5, 0.6) is 5.75 Å². The average molecular weight is 608 g/mol. The summed E-state index contributed by atoms with van der Waals surface area (Å²) in [6.45, 7) is 22.7. The number of aryl methyl sites for hydroxylation is 2. The lowest BCUT2D eigenvalue weighted by Crippen LogP contribution is -2.31. The number of allylic oxidation sites excluding steroid dienone is 2. The van der Waals surface area contributed by atoms with Crippen LogP contribution in [0.4, 0.5) is 5.69 Å². The molecule has 1 aliphatic rings. The second-order valence-electron chi connectivity index (χ2n) is 12.7. The van der Waals surface area contributed by atoms with Crippen molar-refractivity contribution >= 4 is 5.69 Å². The molecule has 0 aromatic heterocycles. The highest BCUT2D eigenvalue weighted by atomic mass is 16.5. The molecule has 0 radical (unpaired) electrons. The van der Waals surface area contributed by atoms with Gasteiger partial charge in [0.25, 0.3) is 0 Å². The van der Waals surface area contributed by atoms with Gasteiger partial charge in [0.2, 0.25) is 0 Å². The van der Waals surface area contributed by atoms with Crippen molar-refractivity contribution in [3.05, 3.63) is 119 Å². The molecule has 1 N–H and O–H groups in total.